The number of nitrogens with one attached hydrogen (secondary N) is 1. The molecule has 1 N–H and O–H groups in total. The summed E-state index contributed by atoms with van der Waals surface area (Å²) in [5.41, 5.74) is 0.892. The molecule has 3 aromatic rings. The lowest BCUT2D eigenvalue weighted by Crippen LogP contribution is -2.23. The standard InChI is InChI=1S/C16H14ClN3OS/c1-11(14-8-5-9-22-14)19-13-10-18-20(16(21)15(13)17)12-6-3-2-4-7-12/h2-11,19H,1H3/t11-/m1/s1. The molecule has 0 spiro atoms. The van der Waals surface area contributed by atoms with E-state index in [9.17, 15) is 4.79 Å². The molecule has 0 aliphatic heterocycles. The first kappa shape index (κ1) is 14.8. The second kappa shape index (κ2) is 6.34. The summed E-state index contributed by atoms with van der Waals surface area (Å²) in [5, 5.41) is 9.59. The second-order valence-electron chi connectivity index (χ2n) is 4.81. The third kappa shape index (κ3) is 2.91. The summed E-state index contributed by atoms with van der Waals surface area (Å²) in [6, 6.07) is 13.3. The van der Waals surface area contributed by atoms with Crippen LogP contribution in [0.1, 0.15) is 17.8 Å². The first-order valence-corrected chi connectivity index (χ1v) is 8.06. The summed E-state index contributed by atoms with van der Waals surface area (Å²) in [7, 11) is 0. The predicted octanol–water partition coefficient (Wildman–Crippen LogP) is 4.12. The number of rotatable bonds is 4. The van der Waals surface area contributed by atoms with E-state index in [2.05, 4.69) is 10.4 Å². The molecular weight excluding hydrogens is 318 g/mol. The Kier molecular flexibility index (Phi) is 4.27. The van der Waals surface area contributed by atoms with Crippen LogP contribution in [-0.4, -0.2) is 9.78 Å². The Morgan fingerprint density at radius 3 is 2.68 bits per heavy atom. The molecule has 6 heteroatoms. The molecule has 112 valence electrons. The largest absolute Gasteiger partial charge is 0.375 e. The maximum atomic E-state index is 12.4. The fourth-order valence-corrected chi connectivity index (χ4v) is 3.05. The van der Waals surface area contributed by atoms with Gasteiger partial charge in [-0.15, -0.1) is 11.3 Å². The van der Waals surface area contributed by atoms with Gasteiger partial charge >= 0.3 is 0 Å². The molecule has 22 heavy (non-hydrogen) atoms. The molecule has 3 rings (SSSR count). The minimum absolute atomic E-state index is 0.0614. The van der Waals surface area contributed by atoms with Gasteiger partial charge in [0.2, 0.25) is 0 Å². The zero-order valence-corrected chi connectivity index (χ0v) is 13.4. The molecule has 4 nitrogen and oxygen atoms in total. The van der Waals surface area contributed by atoms with Crippen molar-refractivity contribution in [3.05, 3.63) is 74.3 Å². The van der Waals surface area contributed by atoms with Crippen LogP contribution in [-0.2, 0) is 0 Å². The van der Waals surface area contributed by atoms with Gasteiger partial charge in [-0.2, -0.15) is 9.78 Å². The van der Waals surface area contributed by atoms with E-state index in [1.54, 1.807) is 17.5 Å². The molecule has 1 atom stereocenters. The van der Waals surface area contributed by atoms with E-state index < -0.39 is 0 Å². The highest BCUT2D eigenvalue weighted by atomic mass is 35.5. The van der Waals surface area contributed by atoms with Crippen LogP contribution in [0.5, 0.6) is 0 Å². The monoisotopic (exact) mass is 331 g/mol. The van der Waals surface area contributed by atoms with Crippen LogP contribution >= 0.6 is 22.9 Å². The molecule has 0 aliphatic carbocycles. The van der Waals surface area contributed by atoms with Crippen molar-refractivity contribution in [2.24, 2.45) is 0 Å². The molecule has 0 amide bonds. The summed E-state index contributed by atoms with van der Waals surface area (Å²) in [6.45, 7) is 2.02. The number of thiophene rings is 1. The van der Waals surface area contributed by atoms with Gasteiger partial charge in [-0.25, -0.2) is 0 Å². The molecule has 2 heterocycles. The van der Waals surface area contributed by atoms with Crippen molar-refractivity contribution in [3.63, 3.8) is 0 Å². The average Bonchev–Trinajstić information content (AvgIpc) is 3.07. The van der Waals surface area contributed by atoms with Gasteiger partial charge in [0.05, 0.1) is 23.6 Å². The number of nitrogens with zero attached hydrogens (tertiary/aromatic N) is 2. The number of hydrogen-bond donors (Lipinski definition) is 1. The first-order chi connectivity index (χ1) is 10.7. The lowest BCUT2D eigenvalue weighted by molar-refractivity contribution is 0.801. The van der Waals surface area contributed by atoms with Crippen LogP contribution in [0.3, 0.4) is 0 Å². The van der Waals surface area contributed by atoms with Gasteiger partial charge in [-0.3, -0.25) is 4.79 Å². The Morgan fingerprint density at radius 1 is 1.23 bits per heavy atom. The second-order valence-corrected chi connectivity index (χ2v) is 6.16. The molecule has 0 radical (unpaired) electrons. The fourth-order valence-electron chi connectivity index (χ4n) is 2.13. The molecule has 2 aromatic heterocycles. The van der Waals surface area contributed by atoms with E-state index in [0.717, 1.165) is 0 Å². The van der Waals surface area contributed by atoms with Gasteiger partial charge in [0.15, 0.2) is 0 Å². The lowest BCUT2D eigenvalue weighted by Gasteiger charge is -2.15. The van der Waals surface area contributed by atoms with E-state index in [0.29, 0.717) is 11.4 Å². The van der Waals surface area contributed by atoms with Gasteiger partial charge in [0, 0.05) is 4.88 Å². The van der Waals surface area contributed by atoms with Gasteiger partial charge < -0.3 is 5.32 Å². The Morgan fingerprint density at radius 2 is 2.00 bits per heavy atom. The van der Waals surface area contributed by atoms with Crippen LogP contribution in [0, 0.1) is 0 Å². The van der Waals surface area contributed by atoms with E-state index in [1.165, 1.54) is 9.56 Å². The Labute approximate surface area is 137 Å². The number of anilines is 1. The zero-order valence-electron chi connectivity index (χ0n) is 11.9. The topological polar surface area (TPSA) is 46.9 Å². The minimum Gasteiger partial charge on any atom is -0.375 e. The van der Waals surface area contributed by atoms with Gasteiger partial charge in [0.25, 0.3) is 5.56 Å². The Hall–Kier alpha value is -2.11. The minimum atomic E-state index is -0.337. The molecule has 0 aliphatic rings. The highest BCUT2D eigenvalue weighted by molar-refractivity contribution is 7.10. The summed E-state index contributed by atoms with van der Waals surface area (Å²) in [5.74, 6) is 0. The van der Waals surface area contributed by atoms with Crippen molar-refractivity contribution >= 4 is 28.6 Å². The Balaban J connectivity index is 1.92. The molecule has 0 bridgehead atoms. The number of hydrogen-bond acceptors (Lipinski definition) is 4. The van der Waals surface area contributed by atoms with Crippen LogP contribution in [0.25, 0.3) is 5.69 Å². The Bertz CT molecular complexity index is 815. The van der Waals surface area contributed by atoms with E-state index in [-0.39, 0.29) is 16.6 Å². The van der Waals surface area contributed by atoms with E-state index in [1.807, 2.05) is 54.8 Å². The highest BCUT2D eigenvalue weighted by Crippen LogP contribution is 2.25. The highest BCUT2D eigenvalue weighted by Gasteiger charge is 2.13. The average molecular weight is 332 g/mol. The normalized spacial score (nSPS) is 12.1. The summed E-state index contributed by atoms with van der Waals surface area (Å²) < 4.78 is 1.29. The first-order valence-electron chi connectivity index (χ1n) is 6.80. The maximum absolute atomic E-state index is 12.4. The molecule has 0 fully saturated rings. The smallest absolute Gasteiger partial charge is 0.292 e. The maximum Gasteiger partial charge on any atom is 0.292 e. The van der Waals surface area contributed by atoms with Crippen molar-refractivity contribution in [2.75, 3.05) is 5.32 Å². The van der Waals surface area contributed by atoms with Crippen molar-refractivity contribution in [1.82, 2.24) is 9.78 Å². The number of para-hydroxylation sites is 1. The number of benzene rings is 1. The summed E-state index contributed by atoms with van der Waals surface area (Å²) in [6.07, 6.45) is 1.58. The lowest BCUT2D eigenvalue weighted by atomic mass is 10.2. The summed E-state index contributed by atoms with van der Waals surface area (Å²) >= 11 is 7.87. The SMILES string of the molecule is C[C@@H](Nc1cnn(-c2ccccc2)c(=O)c1Cl)c1cccs1. The molecule has 0 saturated heterocycles. The van der Waals surface area contributed by atoms with Crippen LogP contribution < -0.4 is 10.9 Å². The molecule has 1 aromatic carbocycles. The third-order valence-corrected chi connectivity index (χ3v) is 4.68. The fraction of sp³-hybridized carbons (Fsp3) is 0.125. The number of aromatic nitrogens is 2. The third-order valence-electron chi connectivity index (χ3n) is 3.26. The predicted molar refractivity (Wildman–Crippen MR) is 91.2 cm³/mol. The van der Waals surface area contributed by atoms with Gasteiger partial charge in [0.1, 0.15) is 5.02 Å². The number of halogens is 1. The van der Waals surface area contributed by atoms with E-state index in [4.69, 9.17) is 11.6 Å². The van der Waals surface area contributed by atoms with Crippen LogP contribution in [0.15, 0.2) is 58.8 Å². The van der Waals surface area contributed by atoms with Gasteiger partial charge in [-0.05, 0) is 30.5 Å². The summed E-state index contributed by atoms with van der Waals surface area (Å²) in [4.78, 5) is 13.6. The van der Waals surface area contributed by atoms with Crippen LogP contribution in [0.4, 0.5) is 5.69 Å². The van der Waals surface area contributed by atoms with Crippen molar-refractivity contribution in [2.45, 2.75) is 13.0 Å². The molecule has 0 saturated carbocycles. The van der Waals surface area contributed by atoms with Crippen LogP contribution in [0.2, 0.25) is 5.02 Å². The zero-order chi connectivity index (χ0) is 15.5. The molecule has 0 unspecified atom stereocenters. The van der Waals surface area contributed by atoms with E-state index >= 15 is 0 Å². The van der Waals surface area contributed by atoms with Crippen molar-refractivity contribution in [3.8, 4) is 5.69 Å². The molecular formula is C16H14ClN3OS. The van der Waals surface area contributed by atoms with Crippen molar-refractivity contribution in [1.29, 1.82) is 0 Å². The van der Waals surface area contributed by atoms with Crippen molar-refractivity contribution < 1.29 is 0 Å². The van der Waals surface area contributed by atoms with Gasteiger partial charge in [-0.1, -0.05) is 35.9 Å². The quantitative estimate of drug-likeness (QED) is 0.782.